The second kappa shape index (κ2) is 54.1. The van der Waals surface area contributed by atoms with Crippen LogP contribution in [0.15, 0.2) is 121 Å². The molecule has 22 heteroatoms. The minimum Gasteiger partial charge on any atom is -0.469 e. The number of nitrogens with zero attached hydrogens (tertiary/aromatic N) is 1. The van der Waals surface area contributed by atoms with E-state index in [1.807, 2.05) is 85.7 Å². The van der Waals surface area contributed by atoms with Gasteiger partial charge in [-0.25, -0.2) is 30.4 Å². The summed E-state index contributed by atoms with van der Waals surface area (Å²) in [5, 5.41) is 6.05. The number of rotatable bonds is 5. The van der Waals surface area contributed by atoms with E-state index < -0.39 is 62.4 Å². The molecule has 1 aliphatic carbocycles. The van der Waals surface area contributed by atoms with Gasteiger partial charge in [0.05, 0.1) is 14.3 Å². The number of carbonyl (C=O) groups is 2. The maximum absolute atomic E-state index is 12.6. The van der Waals surface area contributed by atoms with Crippen molar-refractivity contribution in [2.75, 3.05) is 91.5 Å². The van der Waals surface area contributed by atoms with E-state index in [-0.39, 0.29) is 19.9 Å². The zero-order valence-electron chi connectivity index (χ0n) is 48.5. The molecule has 0 atom stereocenters. The van der Waals surface area contributed by atoms with Crippen molar-refractivity contribution in [1.82, 2.24) is 5.06 Å². The fraction of sp³-hybridized carbons (Fsp3) is 0.429. The Morgan fingerprint density at radius 2 is 0.923 bits per heavy atom. The molecular formula is C56H85BrClF6NO8P2S3. The summed E-state index contributed by atoms with van der Waals surface area (Å²) in [6.45, 7) is 10.0. The molecule has 0 aliphatic heterocycles. The molecule has 1 aliphatic rings. The van der Waals surface area contributed by atoms with Gasteiger partial charge in [-0.15, -0.1) is 16.7 Å². The van der Waals surface area contributed by atoms with E-state index >= 15 is 0 Å². The lowest BCUT2D eigenvalue weighted by Gasteiger charge is -2.15. The highest BCUT2D eigenvalue weighted by molar-refractivity contribution is 9.08. The number of hydroxylamine groups is 2. The molecule has 78 heavy (non-hydrogen) atoms. The SMILES string of the molecule is CBr.CC(=O)ON(C)C.CC1CCCCC1.CCl.CF.COC(C)=O.CP(=O)(c1ccccc1)c1ccccc1.CP(c1ccccc1)c1ccccc1.CS(C)(=O)=O.CS(C)=O.CSC.Cc1c(F)c(F)c(F)c(F)c1F. The van der Waals surface area contributed by atoms with Crippen LogP contribution in [0.4, 0.5) is 26.3 Å². The highest BCUT2D eigenvalue weighted by atomic mass is 79.9. The third-order valence-corrected chi connectivity index (χ3v) is 13.4. The Bertz CT molecular complexity index is 2230. The van der Waals surface area contributed by atoms with E-state index in [0.29, 0.717) is 7.18 Å². The maximum atomic E-state index is 12.6. The molecule has 0 aromatic heterocycles. The third kappa shape index (κ3) is 49.5. The number of carbonyl (C=O) groups excluding carboxylic acids is 2. The number of ether oxygens (including phenoxy) is 1. The first kappa shape index (κ1) is 85.7. The topological polar surface area (TPSA) is 124 Å². The average molecular weight is 1290 g/mol. The van der Waals surface area contributed by atoms with Crippen molar-refractivity contribution in [2.45, 2.75) is 59.8 Å². The van der Waals surface area contributed by atoms with Crippen molar-refractivity contribution in [3.05, 3.63) is 156 Å². The van der Waals surface area contributed by atoms with Crippen LogP contribution in [-0.2, 0) is 44.4 Å². The first-order valence-corrected chi connectivity index (χ1v) is 35.5. The predicted molar refractivity (Wildman–Crippen MR) is 331 cm³/mol. The van der Waals surface area contributed by atoms with Crippen molar-refractivity contribution in [1.29, 1.82) is 0 Å². The van der Waals surface area contributed by atoms with Crippen LogP contribution in [-0.4, -0.2) is 121 Å². The Balaban J connectivity index is -0.000000193. The Labute approximate surface area is 486 Å². The summed E-state index contributed by atoms with van der Waals surface area (Å²) in [5.74, 6) is -7.21. The molecule has 0 N–H and O–H groups in total. The number of thioether (sulfide) groups is 1. The number of halogens is 8. The summed E-state index contributed by atoms with van der Waals surface area (Å²) < 4.78 is 117. The summed E-state index contributed by atoms with van der Waals surface area (Å²) in [4.78, 5) is 24.0. The number of alkyl halides is 3. The molecule has 0 radical (unpaired) electrons. The molecule has 0 unspecified atom stereocenters. The van der Waals surface area contributed by atoms with Crippen LogP contribution in [0.5, 0.6) is 0 Å². The van der Waals surface area contributed by atoms with E-state index in [1.165, 1.54) is 75.1 Å². The molecule has 0 amide bonds. The second-order valence-corrected chi connectivity index (χ2v) is 25.8. The van der Waals surface area contributed by atoms with Gasteiger partial charge in [-0.2, -0.15) is 11.8 Å². The lowest BCUT2D eigenvalue weighted by molar-refractivity contribution is -0.175. The van der Waals surface area contributed by atoms with Crippen LogP contribution in [0.25, 0.3) is 0 Å². The number of sulfone groups is 1. The van der Waals surface area contributed by atoms with Crippen molar-refractivity contribution in [3.8, 4) is 0 Å². The van der Waals surface area contributed by atoms with Crippen LogP contribution in [0, 0.1) is 41.9 Å². The Kier molecular flexibility index (Phi) is 59.4. The summed E-state index contributed by atoms with van der Waals surface area (Å²) in [5.41, 5.74) is -0.869. The first-order valence-electron chi connectivity index (χ1n) is 23.3. The lowest BCUT2D eigenvalue weighted by atomic mass is 9.91. The minimum absolute atomic E-state index is 0.171. The van der Waals surface area contributed by atoms with Gasteiger partial charge in [0.1, 0.15) is 17.0 Å². The second-order valence-electron chi connectivity index (χ2n) is 16.1. The van der Waals surface area contributed by atoms with Crippen LogP contribution in [0.3, 0.4) is 0 Å². The largest absolute Gasteiger partial charge is 0.469 e. The third-order valence-electron chi connectivity index (χ3n) is 8.71. The molecule has 0 heterocycles. The zero-order chi connectivity index (χ0) is 62.0. The number of hydrogen-bond donors (Lipinski definition) is 0. The molecule has 5 aromatic rings. The molecule has 0 bridgehead atoms. The molecule has 0 spiro atoms. The maximum Gasteiger partial charge on any atom is 0.321 e. The van der Waals surface area contributed by atoms with Crippen molar-refractivity contribution in [2.24, 2.45) is 5.92 Å². The molecule has 0 saturated heterocycles. The monoisotopic (exact) mass is 1290 g/mol. The Morgan fingerprint density at radius 3 is 1.12 bits per heavy atom. The van der Waals surface area contributed by atoms with Crippen molar-refractivity contribution >= 4 is 108 Å². The van der Waals surface area contributed by atoms with Crippen molar-refractivity contribution in [3.63, 3.8) is 0 Å². The van der Waals surface area contributed by atoms with Gasteiger partial charge in [-0.1, -0.05) is 176 Å². The summed E-state index contributed by atoms with van der Waals surface area (Å²) in [6, 6.07) is 40.7. The van der Waals surface area contributed by atoms with Crippen LogP contribution < -0.4 is 21.2 Å². The Morgan fingerprint density at radius 1 is 0.679 bits per heavy atom. The van der Waals surface area contributed by atoms with Gasteiger partial charge in [0.15, 0.2) is 23.3 Å². The van der Waals surface area contributed by atoms with Gasteiger partial charge in [0.2, 0.25) is 5.82 Å². The average Bonchev–Trinajstić information content (AvgIpc) is 3.42. The minimum atomic E-state index is -2.67. The van der Waals surface area contributed by atoms with E-state index in [2.05, 4.69) is 111 Å². The van der Waals surface area contributed by atoms with E-state index in [4.69, 9.17) is 0 Å². The zero-order valence-corrected chi connectivity index (χ0v) is 55.1. The van der Waals surface area contributed by atoms with Crippen LogP contribution in [0.1, 0.15) is 58.4 Å². The molecular weight excluding hydrogens is 1200 g/mol. The lowest BCUT2D eigenvalue weighted by Crippen LogP contribution is -2.15. The highest BCUT2D eigenvalue weighted by Crippen LogP contribution is 2.38. The summed E-state index contributed by atoms with van der Waals surface area (Å²) in [6.07, 6.45) is 18.6. The van der Waals surface area contributed by atoms with Crippen molar-refractivity contribution < 1.29 is 62.7 Å². The summed E-state index contributed by atoms with van der Waals surface area (Å²) in [7, 11) is -0.688. The molecule has 5 aromatic carbocycles. The number of hydrogen-bond acceptors (Lipinski definition) is 10. The fourth-order valence-corrected chi connectivity index (χ4v) is 8.62. The fourth-order valence-electron chi connectivity index (χ4n) is 5.30. The van der Waals surface area contributed by atoms with Gasteiger partial charge in [0.25, 0.3) is 0 Å². The summed E-state index contributed by atoms with van der Waals surface area (Å²) >= 11 is 9.33. The number of esters is 1. The molecule has 1 saturated carbocycles. The van der Waals surface area contributed by atoms with Gasteiger partial charge in [0, 0.05) is 86.3 Å². The highest BCUT2D eigenvalue weighted by Gasteiger charge is 2.23. The van der Waals surface area contributed by atoms with E-state index in [0.717, 1.165) is 36.0 Å². The molecule has 1 fully saturated rings. The van der Waals surface area contributed by atoms with E-state index in [1.54, 1.807) is 38.4 Å². The normalized spacial score (nSPS) is 10.8. The molecule has 446 valence electrons. The standard InChI is InChI=1S/C13H13OP.C13H13P.C7H3F5.C7H14.C4H9NO2.C3H6O2.C2H6O2S.C2H6OS.C2H6S.CH3Br.CH3Cl.CH3F/c1-15(14,12-8-4-2-5-9-12)13-10-6-3-7-11-13;1-14(12-8-4-2-5-9-12)13-10-6-3-7-11-13;1-2-3(8)5(10)7(12)6(11)4(2)9;1-7-5-3-2-4-6-7;1-4(6)7-5(2)3;1-3(4)5-2;1-5(2,3)4;1-4(2)3;1-3-2;3*1-2/h2-11H,1H3;2-11H,1H3;1H3;7H,2-6H2,1H3;1-3H3;2*1-2H3;1-2H3;1-2H3;3*1H3. The van der Waals surface area contributed by atoms with Gasteiger partial charge < -0.3 is 14.1 Å². The number of benzene rings is 5. The van der Waals surface area contributed by atoms with Crippen LogP contribution in [0.2, 0.25) is 0 Å². The van der Waals surface area contributed by atoms with Crippen LogP contribution >= 0.6 is 54.4 Å². The quantitative estimate of drug-likeness (QED) is 0.0319. The van der Waals surface area contributed by atoms with E-state index in [9.17, 15) is 53.1 Å². The number of methoxy groups -OCH3 is 1. The first-order chi connectivity index (χ1) is 36.5. The van der Waals surface area contributed by atoms with Gasteiger partial charge in [-0.05, 0) is 63.0 Å². The van der Waals surface area contributed by atoms with Gasteiger partial charge >= 0.3 is 11.9 Å². The molecule has 6 rings (SSSR count). The molecule has 9 nitrogen and oxygen atoms in total. The van der Waals surface area contributed by atoms with Gasteiger partial charge in [-0.3, -0.25) is 18.2 Å². The Hall–Kier alpha value is -3.54. The smallest absolute Gasteiger partial charge is 0.321 e. The predicted octanol–water partition coefficient (Wildman–Crippen LogP) is 13.9.